The molecule has 0 saturated carbocycles. The number of ether oxygens (including phenoxy) is 2. The molecule has 10 heteroatoms. The summed E-state index contributed by atoms with van der Waals surface area (Å²) in [7, 11) is 2.55. The van der Waals surface area contributed by atoms with Crippen molar-refractivity contribution in [3.63, 3.8) is 0 Å². The van der Waals surface area contributed by atoms with Crippen LogP contribution in [-0.4, -0.2) is 26.2 Å². The standard InChI is InChI=1S/C21H20ClF3N2O4/c1-4-5-17(26-2)14-10-15(19(28)30-3)18(11-16(14)21(23,24)25)27-20(29)31-13-8-6-12(22)7-9-13/h5-11,26H,4H2,1-3H3,(H,27,29)/b17-5-. The number of halogens is 4. The molecule has 0 aromatic heterocycles. The minimum atomic E-state index is -4.76. The Labute approximate surface area is 182 Å². The van der Waals surface area contributed by atoms with Gasteiger partial charge < -0.3 is 14.8 Å². The molecule has 2 aromatic carbocycles. The molecule has 0 fully saturated rings. The number of anilines is 1. The zero-order valence-corrected chi connectivity index (χ0v) is 17.6. The number of nitrogens with one attached hydrogen (secondary N) is 2. The van der Waals surface area contributed by atoms with Crippen LogP contribution in [0.3, 0.4) is 0 Å². The van der Waals surface area contributed by atoms with Crippen LogP contribution in [0.5, 0.6) is 5.75 Å². The maximum absolute atomic E-state index is 13.8. The number of alkyl halides is 3. The molecule has 0 saturated heterocycles. The lowest BCUT2D eigenvalue weighted by Crippen LogP contribution is -2.21. The second kappa shape index (κ2) is 10.2. The molecule has 0 heterocycles. The Kier molecular flexibility index (Phi) is 7.93. The van der Waals surface area contributed by atoms with Crippen LogP contribution in [0, 0.1) is 0 Å². The molecule has 31 heavy (non-hydrogen) atoms. The van der Waals surface area contributed by atoms with Gasteiger partial charge in [-0.15, -0.1) is 0 Å². The highest BCUT2D eigenvalue weighted by Gasteiger charge is 2.36. The van der Waals surface area contributed by atoms with E-state index in [9.17, 15) is 22.8 Å². The molecule has 0 aliphatic heterocycles. The molecule has 6 nitrogen and oxygen atoms in total. The molecule has 0 aliphatic carbocycles. The first-order chi connectivity index (χ1) is 14.6. The highest BCUT2D eigenvalue weighted by atomic mass is 35.5. The number of hydrogen-bond acceptors (Lipinski definition) is 5. The zero-order chi connectivity index (χ0) is 23.2. The van der Waals surface area contributed by atoms with Crippen LogP contribution in [-0.2, 0) is 10.9 Å². The van der Waals surface area contributed by atoms with E-state index in [4.69, 9.17) is 16.3 Å². The van der Waals surface area contributed by atoms with Gasteiger partial charge in [-0.2, -0.15) is 13.2 Å². The molecule has 0 bridgehead atoms. The van der Waals surface area contributed by atoms with E-state index in [0.717, 1.165) is 13.2 Å². The molecule has 0 atom stereocenters. The van der Waals surface area contributed by atoms with Crippen molar-refractivity contribution in [2.45, 2.75) is 19.5 Å². The first-order valence-corrected chi connectivity index (χ1v) is 9.44. The third-order valence-electron chi connectivity index (χ3n) is 4.10. The van der Waals surface area contributed by atoms with Crippen molar-refractivity contribution < 1.29 is 32.2 Å². The van der Waals surface area contributed by atoms with E-state index in [0.29, 0.717) is 17.5 Å². The van der Waals surface area contributed by atoms with Gasteiger partial charge >= 0.3 is 18.2 Å². The van der Waals surface area contributed by atoms with Crippen molar-refractivity contribution in [3.8, 4) is 5.75 Å². The molecule has 2 rings (SSSR count). The van der Waals surface area contributed by atoms with E-state index in [-0.39, 0.29) is 22.6 Å². The largest absolute Gasteiger partial charge is 0.465 e. The van der Waals surface area contributed by atoms with Crippen molar-refractivity contribution in [2.24, 2.45) is 0 Å². The summed E-state index contributed by atoms with van der Waals surface area (Å²) in [6.45, 7) is 1.76. The maximum Gasteiger partial charge on any atom is 0.417 e. The van der Waals surface area contributed by atoms with Gasteiger partial charge in [-0.25, -0.2) is 9.59 Å². The first-order valence-electron chi connectivity index (χ1n) is 9.06. The van der Waals surface area contributed by atoms with Crippen LogP contribution in [0.25, 0.3) is 5.70 Å². The first kappa shape index (κ1) is 24.1. The summed E-state index contributed by atoms with van der Waals surface area (Å²) in [4.78, 5) is 24.5. The highest BCUT2D eigenvalue weighted by Crippen LogP contribution is 2.38. The molecule has 0 spiro atoms. The average molecular weight is 457 g/mol. The van der Waals surface area contributed by atoms with Crippen molar-refractivity contribution in [1.29, 1.82) is 0 Å². The number of rotatable bonds is 6. The van der Waals surface area contributed by atoms with Gasteiger partial charge in [-0.1, -0.05) is 24.6 Å². The number of hydrogen-bond donors (Lipinski definition) is 2. The number of methoxy groups -OCH3 is 1. The van der Waals surface area contributed by atoms with Crippen LogP contribution in [0.1, 0.15) is 34.8 Å². The maximum atomic E-state index is 13.8. The van der Waals surface area contributed by atoms with E-state index < -0.39 is 29.5 Å². The van der Waals surface area contributed by atoms with Gasteiger partial charge in [0.2, 0.25) is 0 Å². The molecular formula is C21H20ClF3N2O4. The van der Waals surface area contributed by atoms with E-state index in [2.05, 4.69) is 15.4 Å². The molecule has 0 aliphatic rings. The van der Waals surface area contributed by atoms with Crippen LogP contribution in [0.2, 0.25) is 5.02 Å². The number of esters is 1. The molecule has 0 radical (unpaired) electrons. The minimum Gasteiger partial charge on any atom is -0.465 e. The minimum absolute atomic E-state index is 0.109. The number of allylic oxidation sites excluding steroid dienone is 1. The van der Waals surface area contributed by atoms with Crippen molar-refractivity contribution in [2.75, 3.05) is 19.5 Å². The second-order valence-corrected chi connectivity index (χ2v) is 6.61. The Morgan fingerprint density at radius 3 is 2.29 bits per heavy atom. The lowest BCUT2D eigenvalue weighted by Gasteiger charge is -2.19. The summed E-state index contributed by atoms with van der Waals surface area (Å²) in [6, 6.07) is 7.44. The SMILES string of the molecule is CC/C=C(\NC)c1cc(C(=O)OC)c(NC(=O)Oc2ccc(Cl)cc2)cc1C(F)(F)F. The molecule has 0 unspecified atom stereocenters. The summed E-state index contributed by atoms with van der Waals surface area (Å²) >= 11 is 5.76. The molecule has 2 aromatic rings. The third-order valence-corrected chi connectivity index (χ3v) is 4.35. The topological polar surface area (TPSA) is 76.7 Å². The summed E-state index contributed by atoms with van der Waals surface area (Å²) < 4.78 is 51.0. The van der Waals surface area contributed by atoms with E-state index >= 15 is 0 Å². The molecule has 2 N–H and O–H groups in total. The van der Waals surface area contributed by atoms with E-state index in [1.54, 1.807) is 13.0 Å². The fourth-order valence-corrected chi connectivity index (χ4v) is 2.86. The van der Waals surface area contributed by atoms with Gasteiger partial charge in [-0.05, 0) is 42.8 Å². The summed E-state index contributed by atoms with van der Waals surface area (Å²) in [5.74, 6) is -0.818. The number of amides is 1. The third kappa shape index (κ3) is 6.14. The monoisotopic (exact) mass is 456 g/mol. The fourth-order valence-electron chi connectivity index (χ4n) is 2.74. The molecule has 1 amide bonds. The molecule has 166 valence electrons. The Bertz CT molecular complexity index is 989. The normalized spacial score (nSPS) is 11.6. The Hall–Kier alpha value is -3.20. The highest BCUT2D eigenvalue weighted by molar-refractivity contribution is 6.30. The quantitative estimate of drug-likeness (QED) is 0.543. The van der Waals surface area contributed by atoms with Crippen LogP contribution >= 0.6 is 11.6 Å². The Morgan fingerprint density at radius 1 is 1.13 bits per heavy atom. The summed E-state index contributed by atoms with van der Waals surface area (Å²) in [5, 5.41) is 5.29. The average Bonchev–Trinajstić information content (AvgIpc) is 2.72. The van der Waals surface area contributed by atoms with Crippen LogP contribution < -0.4 is 15.4 Å². The van der Waals surface area contributed by atoms with E-state index in [1.165, 1.54) is 31.3 Å². The number of carbonyl (C=O) groups is 2. The van der Waals surface area contributed by atoms with E-state index in [1.807, 2.05) is 0 Å². The zero-order valence-electron chi connectivity index (χ0n) is 16.9. The number of benzene rings is 2. The van der Waals surface area contributed by atoms with Gasteiger partial charge in [0.05, 0.1) is 23.9 Å². The predicted octanol–water partition coefficient (Wildman–Crippen LogP) is 5.73. The smallest absolute Gasteiger partial charge is 0.417 e. The Balaban J connectivity index is 2.54. The Morgan fingerprint density at radius 2 is 1.77 bits per heavy atom. The fraction of sp³-hybridized carbons (Fsp3) is 0.238. The number of carbonyl (C=O) groups excluding carboxylic acids is 2. The lowest BCUT2D eigenvalue weighted by molar-refractivity contribution is -0.137. The van der Waals surface area contributed by atoms with Gasteiger partial charge in [0.25, 0.3) is 0 Å². The molecular weight excluding hydrogens is 437 g/mol. The summed E-state index contributed by atoms with van der Waals surface area (Å²) in [5.41, 5.74) is -1.80. The summed E-state index contributed by atoms with van der Waals surface area (Å²) in [6.07, 6.45) is -3.85. The lowest BCUT2D eigenvalue weighted by atomic mass is 9.98. The predicted molar refractivity (Wildman–Crippen MR) is 111 cm³/mol. The van der Waals surface area contributed by atoms with Crippen LogP contribution in [0.15, 0.2) is 42.5 Å². The van der Waals surface area contributed by atoms with Crippen molar-refractivity contribution in [1.82, 2.24) is 5.32 Å². The van der Waals surface area contributed by atoms with Gasteiger partial charge in [0.1, 0.15) is 5.75 Å². The van der Waals surface area contributed by atoms with Gasteiger partial charge in [0, 0.05) is 23.3 Å². The van der Waals surface area contributed by atoms with Crippen molar-refractivity contribution >= 4 is 35.0 Å². The van der Waals surface area contributed by atoms with Crippen molar-refractivity contribution in [3.05, 3.63) is 64.2 Å². The second-order valence-electron chi connectivity index (χ2n) is 6.18. The van der Waals surface area contributed by atoms with Crippen LogP contribution in [0.4, 0.5) is 23.7 Å². The van der Waals surface area contributed by atoms with Gasteiger partial charge in [0.15, 0.2) is 0 Å². The van der Waals surface area contributed by atoms with Gasteiger partial charge in [-0.3, -0.25) is 5.32 Å².